The summed E-state index contributed by atoms with van der Waals surface area (Å²) in [4.78, 5) is 5.35. The topological polar surface area (TPSA) is 33.2 Å². The van der Waals surface area contributed by atoms with Crippen LogP contribution in [0.1, 0.15) is 0 Å². The minimum absolute atomic E-state index is 0.528. The van der Waals surface area contributed by atoms with Gasteiger partial charge in [-0.05, 0) is 31.4 Å². The third kappa shape index (κ3) is 3.54. The molecule has 0 atom stereocenters. The fourth-order valence-electron chi connectivity index (χ4n) is 2.00. The first-order chi connectivity index (χ1) is 9.52. The van der Waals surface area contributed by atoms with Crippen molar-refractivity contribution in [1.82, 2.24) is 14.5 Å². The number of aromatic amines is 1. The van der Waals surface area contributed by atoms with E-state index in [2.05, 4.69) is 16.9 Å². The van der Waals surface area contributed by atoms with Crippen LogP contribution in [-0.2, 0) is 11.3 Å². The number of rotatable bonds is 6. The number of hydrogen-bond donors (Lipinski definition) is 1. The van der Waals surface area contributed by atoms with Gasteiger partial charge < -0.3 is 19.2 Å². The maximum Gasteiger partial charge on any atom is 0.178 e. The first kappa shape index (κ1) is 15.8. The average molecular weight is 334 g/mol. The fourth-order valence-corrected chi connectivity index (χ4v) is 2.62. The molecular formula is C13H17Cl2N3OS. The Labute approximate surface area is 133 Å². The number of nitrogens with zero attached hydrogens (tertiary/aromatic N) is 2. The van der Waals surface area contributed by atoms with Crippen LogP contribution in [-0.4, -0.2) is 48.3 Å². The lowest BCUT2D eigenvalue weighted by molar-refractivity contribution is 0.159. The molecule has 0 aliphatic rings. The Bertz CT molecular complexity index is 653. The summed E-state index contributed by atoms with van der Waals surface area (Å²) in [6, 6.07) is 3.65. The van der Waals surface area contributed by atoms with Crippen molar-refractivity contribution in [3.8, 4) is 0 Å². The SMILES string of the molecule is COCCN(C)CCn1c(=S)[nH]c2cc(Cl)c(Cl)cc21. The molecule has 0 aliphatic heterocycles. The Hall–Kier alpha value is -0.590. The van der Waals surface area contributed by atoms with Gasteiger partial charge in [0.2, 0.25) is 0 Å². The van der Waals surface area contributed by atoms with E-state index in [0.29, 0.717) is 14.8 Å². The van der Waals surface area contributed by atoms with Gasteiger partial charge in [0.15, 0.2) is 4.77 Å². The Morgan fingerprint density at radius 1 is 1.30 bits per heavy atom. The lowest BCUT2D eigenvalue weighted by Crippen LogP contribution is -2.26. The summed E-state index contributed by atoms with van der Waals surface area (Å²) >= 11 is 17.5. The normalized spacial score (nSPS) is 11.7. The van der Waals surface area contributed by atoms with E-state index in [4.69, 9.17) is 40.2 Å². The van der Waals surface area contributed by atoms with Crippen LogP contribution in [0.3, 0.4) is 0 Å². The second-order valence-electron chi connectivity index (χ2n) is 4.66. The van der Waals surface area contributed by atoms with Crippen molar-refractivity contribution >= 4 is 46.5 Å². The maximum atomic E-state index is 6.08. The number of ether oxygens (including phenoxy) is 1. The summed E-state index contributed by atoms with van der Waals surface area (Å²) in [6.45, 7) is 3.28. The van der Waals surface area contributed by atoms with Crippen LogP contribution >= 0.6 is 35.4 Å². The molecular weight excluding hydrogens is 317 g/mol. The zero-order chi connectivity index (χ0) is 14.7. The van der Waals surface area contributed by atoms with E-state index in [1.54, 1.807) is 13.2 Å². The molecule has 4 nitrogen and oxygen atoms in total. The molecule has 0 bridgehead atoms. The highest BCUT2D eigenvalue weighted by molar-refractivity contribution is 7.71. The molecule has 0 spiro atoms. The molecule has 1 heterocycles. The zero-order valence-corrected chi connectivity index (χ0v) is 13.8. The number of nitrogens with one attached hydrogen (secondary N) is 1. The molecule has 2 aromatic rings. The van der Waals surface area contributed by atoms with Gasteiger partial charge in [-0.1, -0.05) is 23.2 Å². The second kappa shape index (κ2) is 6.91. The number of methoxy groups -OCH3 is 1. The Kier molecular flexibility index (Phi) is 5.46. The molecule has 0 unspecified atom stereocenters. The predicted molar refractivity (Wildman–Crippen MR) is 86.5 cm³/mol. The van der Waals surface area contributed by atoms with Gasteiger partial charge in [0, 0.05) is 26.7 Å². The summed E-state index contributed by atoms with van der Waals surface area (Å²) in [6.07, 6.45) is 0. The van der Waals surface area contributed by atoms with Crippen LogP contribution in [0.15, 0.2) is 12.1 Å². The smallest absolute Gasteiger partial charge is 0.178 e. The maximum absolute atomic E-state index is 6.08. The number of imidazole rings is 1. The van der Waals surface area contributed by atoms with E-state index >= 15 is 0 Å². The lowest BCUT2D eigenvalue weighted by atomic mass is 10.3. The molecule has 0 radical (unpaired) electrons. The molecule has 0 saturated heterocycles. The number of fused-ring (bicyclic) bond motifs is 1. The highest BCUT2D eigenvalue weighted by Crippen LogP contribution is 2.27. The Balaban J connectivity index is 2.19. The molecule has 0 saturated carbocycles. The van der Waals surface area contributed by atoms with Crippen LogP contribution in [0.4, 0.5) is 0 Å². The van der Waals surface area contributed by atoms with E-state index in [1.807, 2.05) is 10.6 Å². The quantitative estimate of drug-likeness (QED) is 0.820. The van der Waals surface area contributed by atoms with Gasteiger partial charge >= 0.3 is 0 Å². The van der Waals surface area contributed by atoms with Crippen molar-refractivity contribution in [3.63, 3.8) is 0 Å². The second-order valence-corrected chi connectivity index (χ2v) is 5.86. The van der Waals surface area contributed by atoms with Gasteiger partial charge in [0.05, 0.1) is 27.7 Å². The zero-order valence-electron chi connectivity index (χ0n) is 11.4. The molecule has 0 fully saturated rings. The van der Waals surface area contributed by atoms with Gasteiger partial charge in [-0.2, -0.15) is 0 Å². The number of aromatic nitrogens is 2. The molecule has 1 N–H and O–H groups in total. The van der Waals surface area contributed by atoms with Crippen molar-refractivity contribution in [3.05, 3.63) is 26.9 Å². The number of likely N-dealkylation sites (N-methyl/N-ethyl adjacent to an activating group) is 1. The highest BCUT2D eigenvalue weighted by Gasteiger charge is 2.09. The van der Waals surface area contributed by atoms with E-state index in [0.717, 1.165) is 37.3 Å². The van der Waals surface area contributed by atoms with Gasteiger partial charge in [0.1, 0.15) is 0 Å². The van der Waals surface area contributed by atoms with Crippen LogP contribution < -0.4 is 0 Å². The van der Waals surface area contributed by atoms with Crippen molar-refractivity contribution in [2.24, 2.45) is 0 Å². The van der Waals surface area contributed by atoms with Crippen molar-refractivity contribution in [2.75, 3.05) is 33.9 Å². The monoisotopic (exact) mass is 333 g/mol. The third-order valence-corrected chi connectivity index (χ3v) is 4.24. The lowest BCUT2D eigenvalue weighted by Gasteiger charge is -2.16. The summed E-state index contributed by atoms with van der Waals surface area (Å²) in [5, 5.41) is 1.06. The molecule has 1 aromatic carbocycles. The van der Waals surface area contributed by atoms with Crippen molar-refractivity contribution < 1.29 is 4.74 Å². The standard InChI is InChI=1S/C13H17Cl2N3OS/c1-17(5-6-19-2)3-4-18-12-8-10(15)9(14)7-11(12)16-13(18)20/h7-8H,3-6H2,1-2H3,(H,16,20). The third-order valence-electron chi connectivity index (χ3n) is 3.20. The van der Waals surface area contributed by atoms with E-state index in [9.17, 15) is 0 Å². The molecule has 2 rings (SSSR count). The first-order valence-corrected chi connectivity index (χ1v) is 7.44. The average Bonchev–Trinajstić information content (AvgIpc) is 2.70. The summed E-state index contributed by atoms with van der Waals surface area (Å²) < 4.78 is 7.78. The molecule has 7 heteroatoms. The Morgan fingerprint density at radius 2 is 2.00 bits per heavy atom. The largest absolute Gasteiger partial charge is 0.383 e. The minimum Gasteiger partial charge on any atom is -0.383 e. The van der Waals surface area contributed by atoms with Crippen molar-refractivity contribution in [1.29, 1.82) is 0 Å². The summed E-state index contributed by atoms with van der Waals surface area (Å²) in [5.74, 6) is 0. The van der Waals surface area contributed by atoms with E-state index < -0.39 is 0 Å². The molecule has 0 amide bonds. The highest BCUT2D eigenvalue weighted by atomic mass is 35.5. The van der Waals surface area contributed by atoms with Gasteiger partial charge in [0.25, 0.3) is 0 Å². The van der Waals surface area contributed by atoms with Gasteiger partial charge in [-0.15, -0.1) is 0 Å². The number of benzene rings is 1. The van der Waals surface area contributed by atoms with Crippen LogP contribution in [0.25, 0.3) is 11.0 Å². The number of H-pyrrole nitrogens is 1. The van der Waals surface area contributed by atoms with Crippen molar-refractivity contribution in [2.45, 2.75) is 6.54 Å². The number of hydrogen-bond acceptors (Lipinski definition) is 3. The summed E-state index contributed by atoms with van der Waals surface area (Å²) in [5.41, 5.74) is 1.88. The van der Waals surface area contributed by atoms with Gasteiger partial charge in [-0.25, -0.2) is 0 Å². The number of halogens is 2. The van der Waals surface area contributed by atoms with E-state index in [1.165, 1.54) is 0 Å². The summed E-state index contributed by atoms with van der Waals surface area (Å²) in [7, 11) is 3.76. The molecule has 1 aromatic heterocycles. The van der Waals surface area contributed by atoms with Crippen LogP contribution in [0, 0.1) is 4.77 Å². The van der Waals surface area contributed by atoms with E-state index in [-0.39, 0.29) is 0 Å². The van der Waals surface area contributed by atoms with Crippen LogP contribution in [0.2, 0.25) is 10.0 Å². The van der Waals surface area contributed by atoms with Gasteiger partial charge in [-0.3, -0.25) is 0 Å². The Morgan fingerprint density at radius 3 is 2.70 bits per heavy atom. The van der Waals surface area contributed by atoms with Crippen LogP contribution in [0.5, 0.6) is 0 Å². The molecule has 20 heavy (non-hydrogen) atoms. The first-order valence-electron chi connectivity index (χ1n) is 6.28. The fraction of sp³-hybridized carbons (Fsp3) is 0.462. The molecule has 0 aliphatic carbocycles. The minimum atomic E-state index is 0.528. The molecule has 110 valence electrons. The predicted octanol–water partition coefficient (Wildman–Crippen LogP) is 3.58.